The molecule has 0 saturated carbocycles. The molecule has 6 nitrogen and oxygen atoms in total. The number of aromatic nitrogens is 1. The van der Waals surface area contributed by atoms with Gasteiger partial charge in [-0.1, -0.05) is 18.2 Å². The third-order valence-corrected chi connectivity index (χ3v) is 6.22. The summed E-state index contributed by atoms with van der Waals surface area (Å²) in [7, 11) is 0. The number of amides is 1. The SMILES string of the molecule is CCOC(=O)c1ccc(NC(=O)c2cccc(NCn3c(=S)sc4ccccc43)c2)cc1. The summed E-state index contributed by atoms with van der Waals surface area (Å²) in [6, 6.07) is 22.0. The molecule has 4 aromatic rings. The van der Waals surface area contributed by atoms with Crippen molar-refractivity contribution in [3.05, 3.63) is 87.9 Å². The Labute approximate surface area is 194 Å². The number of ether oxygens (including phenoxy) is 1. The number of nitrogens with zero attached hydrogens (tertiary/aromatic N) is 1. The van der Waals surface area contributed by atoms with Crippen LogP contribution in [0.3, 0.4) is 0 Å². The van der Waals surface area contributed by atoms with Crippen molar-refractivity contribution in [2.75, 3.05) is 17.2 Å². The number of hydrogen-bond donors (Lipinski definition) is 2. The summed E-state index contributed by atoms with van der Waals surface area (Å²) in [6.07, 6.45) is 0. The van der Waals surface area contributed by atoms with Gasteiger partial charge in [0.15, 0.2) is 3.95 Å². The third kappa shape index (κ3) is 4.87. The molecule has 1 heterocycles. The van der Waals surface area contributed by atoms with Crippen LogP contribution in [0, 0.1) is 3.95 Å². The van der Waals surface area contributed by atoms with E-state index >= 15 is 0 Å². The first-order valence-electron chi connectivity index (χ1n) is 10.1. The van der Waals surface area contributed by atoms with E-state index in [9.17, 15) is 9.59 Å². The van der Waals surface area contributed by atoms with Crippen molar-refractivity contribution in [1.82, 2.24) is 4.57 Å². The van der Waals surface area contributed by atoms with Crippen molar-refractivity contribution in [3.8, 4) is 0 Å². The molecule has 1 aromatic heterocycles. The number of esters is 1. The normalized spacial score (nSPS) is 10.7. The maximum atomic E-state index is 12.7. The second-order valence-electron chi connectivity index (χ2n) is 6.93. The van der Waals surface area contributed by atoms with E-state index in [1.807, 2.05) is 34.9 Å². The van der Waals surface area contributed by atoms with Crippen molar-refractivity contribution in [2.45, 2.75) is 13.6 Å². The zero-order valence-electron chi connectivity index (χ0n) is 17.3. The minimum atomic E-state index is -0.386. The minimum Gasteiger partial charge on any atom is -0.462 e. The molecule has 0 aliphatic heterocycles. The van der Waals surface area contributed by atoms with Crippen LogP contribution in [0.1, 0.15) is 27.6 Å². The maximum absolute atomic E-state index is 12.7. The Morgan fingerprint density at radius 2 is 1.75 bits per heavy atom. The molecule has 3 aromatic carbocycles. The average Bonchev–Trinajstić information content (AvgIpc) is 3.13. The standard InChI is InChI=1S/C24H21N3O3S2/c1-2-30-23(29)16-10-12-18(13-11-16)26-22(28)17-6-5-7-19(14-17)25-15-27-20-8-3-4-9-21(20)32-24(27)31/h3-14,25H,2,15H2,1H3,(H,26,28). The van der Waals surface area contributed by atoms with Crippen LogP contribution >= 0.6 is 23.6 Å². The van der Waals surface area contributed by atoms with Gasteiger partial charge >= 0.3 is 5.97 Å². The van der Waals surface area contributed by atoms with E-state index in [2.05, 4.69) is 16.7 Å². The van der Waals surface area contributed by atoms with Crippen LogP contribution in [-0.4, -0.2) is 23.1 Å². The lowest BCUT2D eigenvalue weighted by Gasteiger charge is -2.11. The Kier molecular flexibility index (Phi) is 6.63. The topological polar surface area (TPSA) is 72.4 Å². The van der Waals surface area contributed by atoms with Gasteiger partial charge < -0.3 is 19.9 Å². The number of para-hydroxylation sites is 1. The number of fused-ring (bicyclic) bond motifs is 1. The lowest BCUT2D eigenvalue weighted by Crippen LogP contribution is -2.13. The van der Waals surface area contributed by atoms with E-state index in [0.29, 0.717) is 30.1 Å². The van der Waals surface area contributed by atoms with Gasteiger partial charge in [-0.25, -0.2) is 4.79 Å². The Morgan fingerprint density at radius 1 is 0.969 bits per heavy atom. The van der Waals surface area contributed by atoms with Crippen molar-refractivity contribution in [1.29, 1.82) is 0 Å². The van der Waals surface area contributed by atoms with E-state index in [1.54, 1.807) is 54.7 Å². The lowest BCUT2D eigenvalue weighted by molar-refractivity contribution is 0.0526. The van der Waals surface area contributed by atoms with Gasteiger partial charge in [-0.15, -0.1) is 11.3 Å². The molecule has 0 saturated heterocycles. The first-order valence-corrected chi connectivity index (χ1v) is 11.3. The third-order valence-electron chi connectivity index (χ3n) is 4.79. The van der Waals surface area contributed by atoms with E-state index in [1.165, 1.54) is 0 Å². The molecule has 0 aliphatic rings. The van der Waals surface area contributed by atoms with Crippen LogP contribution < -0.4 is 10.6 Å². The predicted molar refractivity (Wildman–Crippen MR) is 131 cm³/mol. The molecule has 0 atom stereocenters. The molecule has 4 rings (SSSR count). The second kappa shape index (κ2) is 9.76. The van der Waals surface area contributed by atoms with Crippen molar-refractivity contribution in [3.63, 3.8) is 0 Å². The van der Waals surface area contributed by atoms with Crippen LogP contribution in [0.25, 0.3) is 10.2 Å². The van der Waals surface area contributed by atoms with Gasteiger partial charge in [0.1, 0.15) is 0 Å². The zero-order valence-corrected chi connectivity index (χ0v) is 19.0. The Hall–Kier alpha value is -3.49. The van der Waals surface area contributed by atoms with Crippen molar-refractivity contribution >= 4 is 57.0 Å². The predicted octanol–water partition coefficient (Wildman–Crippen LogP) is 5.93. The van der Waals surface area contributed by atoms with Crippen LogP contribution in [0.15, 0.2) is 72.8 Å². The molecule has 32 heavy (non-hydrogen) atoms. The van der Waals surface area contributed by atoms with Crippen molar-refractivity contribution in [2.24, 2.45) is 0 Å². The number of benzene rings is 3. The van der Waals surface area contributed by atoms with Gasteiger partial charge in [0, 0.05) is 16.9 Å². The van der Waals surface area contributed by atoms with E-state index in [0.717, 1.165) is 19.9 Å². The van der Waals surface area contributed by atoms with Crippen LogP contribution in [0.2, 0.25) is 0 Å². The Bertz CT molecular complexity index is 1330. The van der Waals surface area contributed by atoms with Crippen LogP contribution in [0.5, 0.6) is 0 Å². The van der Waals surface area contributed by atoms with Gasteiger partial charge in [-0.3, -0.25) is 4.79 Å². The number of hydrogen-bond acceptors (Lipinski definition) is 6. The maximum Gasteiger partial charge on any atom is 0.338 e. The number of nitrogens with one attached hydrogen (secondary N) is 2. The van der Waals surface area contributed by atoms with Gasteiger partial charge in [0.25, 0.3) is 5.91 Å². The molecule has 0 radical (unpaired) electrons. The van der Waals surface area contributed by atoms with Crippen molar-refractivity contribution < 1.29 is 14.3 Å². The number of thiazole rings is 1. The summed E-state index contributed by atoms with van der Waals surface area (Å²) < 4.78 is 8.94. The summed E-state index contributed by atoms with van der Waals surface area (Å²) in [5.41, 5.74) is 3.44. The van der Waals surface area contributed by atoms with Gasteiger partial charge in [0.2, 0.25) is 0 Å². The van der Waals surface area contributed by atoms with Gasteiger partial charge in [-0.2, -0.15) is 0 Å². The molecule has 0 bridgehead atoms. The monoisotopic (exact) mass is 463 g/mol. The summed E-state index contributed by atoms with van der Waals surface area (Å²) in [5.74, 6) is -0.627. The largest absolute Gasteiger partial charge is 0.462 e. The fourth-order valence-corrected chi connectivity index (χ4v) is 4.53. The minimum absolute atomic E-state index is 0.241. The quantitative estimate of drug-likeness (QED) is 0.262. The highest BCUT2D eigenvalue weighted by atomic mass is 32.1. The fraction of sp³-hybridized carbons (Fsp3) is 0.125. The van der Waals surface area contributed by atoms with Gasteiger partial charge in [0.05, 0.1) is 29.1 Å². The lowest BCUT2D eigenvalue weighted by atomic mass is 10.1. The second-order valence-corrected chi connectivity index (χ2v) is 8.61. The van der Waals surface area contributed by atoms with Crippen LogP contribution in [-0.2, 0) is 11.4 Å². The number of anilines is 2. The fourth-order valence-electron chi connectivity index (χ4n) is 3.21. The molecule has 0 spiro atoms. The average molecular weight is 464 g/mol. The first-order chi connectivity index (χ1) is 15.5. The zero-order chi connectivity index (χ0) is 22.5. The Balaban J connectivity index is 1.43. The highest BCUT2D eigenvalue weighted by Crippen LogP contribution is 2.23. The molecule has 162 valence electrons. The molecule has 0 unspecified atom stereocenters. The van der Waals surface area contributed by atoms with Gasteiger partial charge in [-0.05, 0) is 73.7 Å². The highest BCUT2D eigenvalue weighted by molar-refractivity contribution is 7.73. The summed E-state index contributed by atoms with van der Waals surface area (Å²) in [6.45, 7) is 2.58. The first kappa shape index (κ1) is 21.7. The van der Waals surface area contributed by atoms with E-state index < -0.39 is 0 Å². The molecule has 8 heteroatoms. The molecular formula is C24H21N3O3S2. The summed E-state index contributed by atoms with van der Waals surface area (Å²) in [4.78, 5) is 24.5. The molecule has 2 N–H and O–H groups in total. The summed E-state index contributed by atoms with van der Waals surface area (Å²) >= 11 is 7.07. The smallest absolute Gasteiger partial charge is 0.338 e. The summed E-state index contributed by atoms with van der Waals surface area (Å²) in [5, 5.41) is 6.19. The molecular weight excluding hydrogens is 442 g/mol. The Morgan fingerprint density at radius 3 is 2.53 bits per heavy atom. The molecule has 0 aliphatic carbocycles. The highest BCUT2D eigenvalue weighted by Gasteiger charge is 2.10. The molecule has 0 fully saturated rings. The number of rotatable bonds is 7. The van der Waals surface area contributed by atoms with E-state index in [4.69, 9.17) is 17.0 Å². The number of carbonyl (C=O) groups is 2. The molecule has 1 amide bonds. The van der Waals surface area contributed by atoms with Crippen LogP contribution in [0.4, 0.5) is 11.4 Å². The number of carbonyl (C=O) groups excluding carboxylic acids is 2. The van der Waals surface area contributed by atoms with E-state index in [-0.39, 0.29) is 11.9 Å².